The van der Waals surface area contributed by atoms with Crippen LogP contribution in [0.2, 0.25) is 0 Å². The van der Waals surface area contributed by atoms with E-state index in [-0.39, 0.29) is 0 Å². The van der Waals surface area contributed by atoms with Crippen LogP contribution in [0.3, 0.4) is 0 Å². The van der Waals surface area contributed by atoms with Gasteiger partial charge in [0.25, 0.3) is 0 Å². The summed E-state index contributed by atoms with van der Waals surface area (Å²) in [5.74, 6) is 0.884. The monoisotopic (exact) mass is 232 g/mol. The van der Waals surface area contributed by atoms with Crippen LogP contribution in [-0.4, -0.2) is 18.7 Å². The molecule has 1 aromatic heterocycles. The molecule has 1 N–H and O–H groups in total. The molecule has 0 saturated carbocycles. The second-order valence-corrected chi connectivity index (χ2v) is 3.74. The summed E-state index contributed by atoms with van der Waals surface area (Å²) in [6.45, 7) is 8.32. The summed E-state index contributed by atoms with van der Waals surface area (Å²) >= 11 is 0. The Labute approximate surface area is 103 Å². The van der Waals surface area contributed by atoms with Crippen molar-refractivity contribution in [2.75, 3.05) is 14.2 Å². The third kappa shape index (κ3) is 2.68. The number of nitrogens with zero attached hydrogens (tertiary/aromatic N) is 1. The molecule has 0 aliphatic rings. The van der Waals surface area contributed by atoms with E-state index in [9.17, 15) is 0 Å². The number of allylic oxidation sites excluding steroid dienone is 4. The van der Waals surface area contributed by atoms with E-state index in [1.807, 2.05) is 30.8 Å². The summed E-state index contributed by atoms with van der Waals surface area (Å²) in [4.78, 5) is 0. The van der Waals surface area contributed by atoms with E-state index in [4.69, 9.17) is 4.74 Å². The molecule has 92 valence electrons. The molecule has 0 fully saturated rings. The van der Waals surface area contributed by atoms with Crippen LogP contribution >= 0.6 is 0 Å². The fraction of sp³-hybridized carbons (Fsp3) is 0.286. The summed E-state index contributed by atoms with van der Waals surface area (Å²) in [7, 11) is 5.60. The predicted molar refractivity (Wildman–Crippen MR) is 73.1 cm³/mol. The van der Waals surface area contributed by atoms with Gasteiger partial charge in [-0.1, -0.05) is 31.4 Å². The maximum Gasteiger partial charge on any atom is 0.149 e. The van der Waals surface area contributed by atoms with Crippen molar-refractivity contribution < 1.29 is 4.74 Å². The van der Waals surface area contributed by atoms with Gasteiger partial charge >= 0.3 is 0 Å². The van der Waals surface area contributed by atoms with Gasteiger partial charge in [-0.25, -0.2) is 0 Å². The highest BCUT2D eigenvalue weighted by Gasteiger charge is 2.15. The highest BCUT2D eigenvalue weighted by molar-refractivity contribution is 5.77. The molecule has 1 aromatic rings. The molecule has 0 radical (unpaired) electrons. The van der Waals surface area contributed by atoms with Gasteiger partial charge in [-0.2, -0.15) is 0 Å². The molecule has 0 spiro atoms. The minimum atomic E-state index is 0.773. The van der Waals surface area contributed by atoms with Gasteiger partial charge in [0.1, 0.15) is 5.75 Å². The zero-order chi connectivity index (χ0) is 12.8. The molecule has 17 heavy (non-hydrogen) atoms. The van der Waals surface area contributed by atoms with Gasteiger partial charge in [0.15, 0.2) is 0 Å². The molecule has 0 saturated heterocycles. The van der Waals surface area contributed by atoms with Crippen molar-refractivity contribution in [3.05, 3.63) is 48.8 Å². The molecule has 3 nitrogen and oxygen atoms in total. The van der Waals surface area contributed by atoms with Gasteiger partial charge in [-0.15, -0.1) is 0 Å². The van der Waals surface area contributed by atoms with Crippen LogP contribution in [0.1, 0.15) is 11.3 Å². The number of hydrogen-bond acceptors (Lipinski definition) is 2. The third-order valence-corrected chi connectivity index (χ3v) is 2.57. The molecule has 0 unspecified atom stereocenters. The van der Waals surface area contributed by atoms with Crippen LogP contribution in [0.5, 0.6) is 5.75 Å². The van der Waals surface area contributed by atoms with Crippen LogP contribution < -0.4 is 10.1 Å². The number of ether oxygens (including phenoxy) is 1. The Kier molecular flexibility index (Phi) is 4.79. The Morgan fingerprint density at radius 1 is 1.53 bits per heavy atom. The van der Waals surface area contributed by atoms with Crippen LogP contribution in [0.4, 0.5) is 0 Å². The van der Waals surface area contributed by atoms with E-state index >= 15 is 0 Å². The topological polar surface area (TPSA) is 26.2 Å². The number of hydrogen-bond donors (Lipinski definition) is 1. The lowest BCUT2D eigenvalue weighted by Crippen LogP contribution is -2.05. The standard InChI is InChI=1S/C14H20N2O/c1-6-8-11(7-2)13-14(17-5)12(9-15-3)10-16(13)4/h6-8,10,15H,1-2,9H2,3-5H3/b11-8+. The molecule has 0 aliphatic heterocycles. The molecule has 1 heterocycles. The van der Waals surface area contributed by atoms with Gasteiger partial charge < -0.3 is 14.6 Å². The molecule has 0 aromatic carbocycles. The SMILES string of the molecule is C=C/C=C(\C=C)c1c(OC)c(CNC)cn1C. The summed E-state index contributed by atoms with van der Waals surface area (Å²) < 4.78 is 7.54. The van der Waals surface area contributed by atoms with Gasteiger partial charge in [-0.05, 0) is 7.05 Å². The minimum absolute atomic E-state index is 0.773. The smallest absolute Gasteiger partial charge is 0.149 e. The van der Waals surface area contributed by atoms with Crippen molar-refractivity contribution >= 4 is 5.57 Å². The number of aromatic nitrogens is 1. The molecule has 0 atom stereocenters. The van der Waals surface area contributed by atoms with Crippen molar-refractivity contribution in [1.82, 2.24) is 9.88 Å². The van der Waals surface area contributed by atoms with Crippen molar-refractivity contribution in [2.45, 2.75) is 6.54 Å². The van der Waals surface area contributed by atoms with Gasteiger partial charge in [0, 0.05) is 30.9 Å². The number of aryl methyl sites for hydroxylation is 1. The Morgan fingerprint density at radius 2 is 2.24 bits per heavy atom. The maximum absolute atomic E-state index is 5.50. The number of rotatable bonds is 6. The number of methoxy groups -OCH3 is 1. The number of nitrogens with one attached hydrogen (secondary N) is 1. The van der Waals surface area contributed by atoms with E-state index in [0.29, 0.717) is 0 Å². The van der Waals surface area contributed by atoms with E-state index in [2.05, 4.69) is 24.7 Å². The van der Waals surface area contributed by atoms with E-state index in [0.717, 1.165) is 29.1 Å². The minimum Gasteiger partial charge on any atom is -0.494 e. The predicted octanol–water partition coefficient (Wildman–Crippen LogP) is 2.51. The summed E-state index contributed by atoms with van der Waals surface area (Å²) in [6, 6.07) is 0. The molecule has 0 amide bonds. The lowest BCUT2D eigenvalue weighted by molar-refractivity contribution is 0.407. The van der Waals surface area contributed by atoms with Crippen molar-refractivity contribution in [2.24, 2.45) is 7.05 Å². The lowest BCUT2D eigenvalue weighted by atomic mass is 10.1. The quantitative estimate of drug-likeness (QED) is 0.763. The van der Waals surface area contributed by atoms with Crippen LogP contribution in [0.15, 0.2) is 37.6 Å². The molecular formula is C14H20N2O. The fourth-order valence-corrected chi connectivity index (χ4v) is 1.92. The Morgan fingerprint density at radius 3 is 2.71 bits per heavy atom. The third-order valence-electron chi connectivity index (χ3n) is 2.57. The average Bonchev–Trinajstić information content (AvgIpc) is 2.63. The largest absolute Gasteiger partial charge is 0.494 e. The van der Waals surface area contributed by atoms with E-state index in [1.54, 1.807) is 13.2 Å². The zero-order valence-electron chi connectivity index (χ0n) is 10.8. The van der Waals surface area contributed by atoms with Crippen LogP contribution in [-0.2, 0) is 13.6 Å². The average molecular weight is 232 g/mol. The first-order valence-electron chi connectivity index (χ1n) is 5.51. The van der Waals surface area contributed by atoms with E-state index in [1.165, 1.54) is 0 Å². The summed E-state index contributed by atoms with van der Waals surface area (Å²) in [5, 5.41) is 3.13. The van der Waals surface area contributed by atoms with Crippen molar-refractivity contribution in [1.29, 1.82) is 0 Å². The van der Waals surface area contributed by atoms with Gasteiger partial charge in [0.2, 0.25) is 0 Å². The van der Waals surface area contributed by atoms with Crippen molar-refractivity contribution in [3.63, 3.8) is 0 Å². The molecule has 1 rings (SSSR count). The van der Waals surface area contributed by atoms with Crippen LogP contribution in [0.25, 0.3) is 5.57 Å². The normalized spacial score (nSPS) is 11.4. The lowest BCUT2D eigenvalue weighted by Gasteiger charge is -2.08. The molecule has 0 aliphatic carbocycles. The Bertz CT molecular complexity index is 441. The molecular weight excluding hydrogens is 212 g/mol. The second kappa shape index (κ2) is 6.11. The summed E-state index contributed by atoms with van der Waals surface area (Å²) in [6.07, 6.45) is 7.54. The maximum atomic E-state index is 5.50. The fourth-order valence-electron chi connectivity index (χ4n) is 1.92. The van der Waals surface area contributed by atoms with Gasteiger partial charge in [0.05, 0.1) is 12.8 Å². The second-order valence-electron chi connectivity index (χ2n) is 3.74. The van der Waals surface area contributed by atoms with E-state index < -0.39 is 0 Å². The first-order chi connectivity index (χ1) is 8.19. The van der Waals surface area contributed by atoms with Crippen LogP contribution in [0, 0.1) is 0 Å². The Hall–Kier alpha value is -1.74. The Balaban J connectivity index is 3.35. The first-order valence-corrected chi connectivity index (χ1v) is 5.51. The summed E-state index contributed by atoms with van der Waals surface area (Å²) in [5.41, 5.74) is 3.15. The zero-order valence-corrected chi connectivity index (χ0v) is 10.8. The van der Waals surface area contributed by atoms with Crippen molar-refractivity contribution in [3.8, 4) is 5.75 Å². The molecule has 0 bridgehead atoms. The highest BCUT2D eigenvalue weighted by Crippen LogP contribution is 2.31. The first kappa shape index (κ1) is 13.3. The molecule has 3 heteroatoms. The highest BCUT2D eigenvalue weighted by atomic mass is 16.5. The van der Waals surface area contributed by atoms with Gasteiger partial charge in [-0.3, -0.25) is 0 Å².